The molecule has 2 saturated heterocycles. The Morgan fingerprint density at radius 1 is 0.976 bits per heavy atom. The third kappa shape index (κ3) is 6.42. The molecule has 0 saturated carbocycles. The summed E-state index contributed by atoms with van der Waals surface area (Å²) in [7, 11) is 0. The maximum Gasteiger partial charge on any atom is 0.410 e. The molecule has 0 unspecified atom stereocenters. The van der Waals surface area contributed by atoms with E-state index in [2.05, 4.69) is 56.5 Å². The van der Waals surface area contributed by atoms with E-state index in [9.17, 15) is 4.79 Å². The lowest BCUT2D eigenvalue weighted by atomic mass is 10.1. The average Bonchev–Trinajstić information content (AvgIpc) is 3.64. The molecule has 0 radical (unpaired) electrons. The molecule has 10 heteroatoms. The Hall–Kier alpha value is -4.34. The predicted octanol–water partition coefficient (Wildman–Crippen LogP) is 6.35. The SMILES string of the molecule is CC(C)(C)OC(=O)N1CC[C@@H](n2cnc3c(NCc4ccccc4)nc(Nc4ccc(N5CCCCC5)cc4)nc32)C1. The number of benzene rings is 2. The van der Waals surface area contributed by atoms with Gasteiger partial charge in [0.1, 0.15) is 5.60 Å². The Morgan fingerprint density at radius 2 is 1.74 bits per heavy atom. The van der Waals surface area contributed by atoms with Crippen LogP contribution in [-0.4, -0.2) is 62.3 Å². The van der Waals surface area contributed by atoms with Gasteiger partial charge in [0.25, 0.3) is 0 Å². The molecule has 2 aliphatic rings. The van der Waals surface area contributed by atoms with Gasteiger partial charge in [-0.2, -0.15) is 9.97 Å². The highest BCUT2D eigenvalue weighted by Crippen LogP contribution is 2.30. The molecule has 220 valence electrons. The molecule has 1 atom stereocenters. The lowest BCUT2D eigenvalue weighted by Crippen LogP contribution is -2.35. The van der Waals surface area contributed by atoms with Crippen molar-refractivity contribution in [3.8, 4) is 0 Å². The van der Waals surface area contributed by atoms with Crippen molar-refractivity contribution < 1.29 is 9.53 Å². The van der Waals surface area contributed by atoms with E-state index in [0.717, 1.165) is 36.4 Å². The van der Waals surface area contributed by atoms with Crippen LogP contribution in [0.3, 0.4) is 0 Å². The first kappa shape index (κ1) is 27.8. The number of carbonyl (C=O) groups excluding carboxylic acids is 1. The molecule has 10 nitrogen and oxygen atoms in total. The number of amides is 1. The van der Waals surface area contributed by atoms with Crippen LogP contribution in [0.2, 0.25) is 0 Å². The molecule has 2 fully saturated rings. The van der Waals surface area contributed by atoms with Gasteiger partial charge < -0.3 is 29.7 Å². The number of carbonyl (C=O) groups is 1. The molecule has 2 aromatic heterocycles. The van der Waals surface area contributed by atoms with Gasteiger partial charge in [0, 0.05) is 44.1 Å². The van der Waals surface area contributed by atoms with Gasteiger partial charge in [-0.1, -0.05) is 30.3 Å². The zero-order chi connectivity index (χ0) is 29.1. The van der Waals surface area contributed by atoms with Crippen LogP contribution < -0.4 is 15.5 Å². The fourth-order valence-electron chi connectivity index (χ4n) is 5.64. The molecule has 0 bridgehead atoms. The number of nitrogens with one attached hydrogen (secondary N) is 2. The van der Waals surface area contributed by atoms with Crippen molar-refractivity contribution in [2.45, 2.75) is 64.6 Å². The standard InChI is InChI=1S/C32H40N8O2/c1-32(2,3)42-31(41)39-19-16-26(21-39)40-22-34-27-28(33-20-23-10-6-4-7-11-23)36-30(37-29(27)40)35-24-12-14-25(15-13-24)38-17-8-5-9-18-38/h4,6-7,10-15,22,26H,5,8-9,16-21H2,1-3H3,(H2,33,35,36,37)/t26-/m1/s1. The summed E-state index contributed by atoms with van der Waals surface area (Å²) < 4.78 is 7.68. The summed E-state index contributed by atoms with van der Waals surface area (Å²) in [6.07, 6.45) is 6.13. The van der Waals surface area contributed by atoms with Crippen LogP contribution in [0, 0.1) is 0 Å². The van der Waals surface area contributed by atoms with Crippen LogP contribution in [0.5, 0.6) is 0 Å². The zero-order valence-corrected chi connectivity index (χ0v) is 24.7. The third-order valence-electron chi connectivity index (χ3n) is 7.78. The molecular formula is C32H40N8O2. The van der Waals surface area contributed by atoms with Crippen LogP contribution in [-0.2, 0) is 11.3 Å². The Balaban J connectivity index is 1.26. The number of anilines is 4. The molecule has 42 heavy (non-hydrogen) atoms. The number of imidazole rings is 1. The molecule has 2 aromatic carbocycles. The van der Waals surface area contributed by atoms with E-state index in [0.29, 0.717) is 36.9 Å². The van der Waals surface area contributed by atoms with Crippen molar-refractivity contribution in [2.24, 2.45) is 0 Å². The summed E-state index contributed by atoms with van der Waals surface area (Å²) >= 11 is 0. The van der Waals surface area contributed by atoms with Crippen LogP contribution in [0.15, 0.2) is 60.9 Å². The van der Waals surface area contributed by atoms with Gasteiger partial charge in [-0.3, -0.25) is 0 Å². The molecule has 0 aliphatic carbocycles. The number of hydrogen-bond acceptors (Lipinski definition) is 8. The highest BCUT2D eigenvalue weighted by molar-refractivity contribution is 5.85. The van der Waals surface area contributed by atoms with E-state index in [-0.39, 0.29) is 12.1 Å². The van der Waals surface area contributed by atoms with Crippen LogP contribution in [0.25, 0.3) is 11.2 Å². The highest BCUT2D eigenvalue weighted by Gasteiger charge is 2.32. The lowest BCUT2D eigenvalue weighted by Gasteiger charge is -2.28. The smallest absolute Gasteiger partial charge is 0.410 e. The summed E-state index contributed by atoms with van der Waals surface area (Å²) in [5.41, 5.74) is 4.21. The van der Waals surface area contributed by atoms with E-state index in [1.54, 1.807) is 4.90 Å². The monoisotopic (exact) mass is 568 g/mol. The number of nitrogens with zero attached hydrogens (tertiary/aromatic N) is 6. The van der Waals surface area contributed by atoms with Crippen LogP contribution in [0.1, 0.15) is 58.1 Å². The Morgan fingerprint density at radius 3 is 2.48 bits per heavy atom. The maximum atomic E-state index is 12.7. The van der Waals surface area contributed by atoms with Gasteiger partial charge in [-0.25, -0.2) is 9.78 Å². The van der Waals surface area contributed by atoms with Crippen molar-refractivity contribution in [2.75, 3.05) is 41.7 Å². The van der Waals surface area contributed by atoms with Gasteiger partial charge in [0.2, 0.25) is 5.95 Å². The second-order valence-corrected chi connectivity index (χ2v) is 12.1. The van der Waals surface area contributed by atoms with Crippen LogP contribution in [0.4, 0.5) is 27.9 Å². The first-order chi connectivity index (χ1) is 20.3. The van der Waals surface area contributed by atoms with E-state index in [1.165, 1.54) is 24.9 Å². The van der Waals surface area contributed by atoms with Gasteiger partial charge in [-0.15, -0.1) is 0 Å². The number of fused-ring (bicyclic) bond motifs is 1. The average molecular weight is 569 g/mol. The second kappa shape index (κ2) is 11.9. The topological polar surface area (TPSA) is 100 Å². The van der Waals surface area contributed by atoms with Gasteiger partial charge >= 0.3 is 6.09 Å². The van der Waals surface area contributed by atoms with Gasteiger partial charge in [-0.05, 0) is 76.3 Å². The number of ether oxygens (including phenoxy) is 1. The molecule has 1 amide bonds. The Bertz CT molecular complexity index is 1510. The van der Waals surface area contributed by atoms with Crippen LogP contribution >= 0.6 is 0 Å². The minimum absolute atomic E-state index is 0.0380. The van der Waals surface area contributed by atoms with E-state index in [4.69, 9.17) is 19.7 Å². The molecule has 2 N–H and O–H groups in total. The maximum absolute atomic E-state index is 12.7. The molecular weight excluding hydrogens is 528 g/mol. The predicted molar refractivity (Wildman–Crippen MR) is 166 cm³/mol. The summed E-state index contributed by atoms with van der Waals surface area (Å²) in [6, 6.07) is 18.8. The van der Waals surface area contributed by atoms with Gasteiger partial charge in [0.05, 0.1) is 12.4 Å². The van der Waals surface area contributed by atoms with Crippen molar-refractivity contribution in [3.05, 3.63) is 66.5 Å². The fourth-order valence-corrected chi connectivity index (χ4v) is 5.64. The molecule has 4 aromatic rings. The molecule has 2 aliphatic heterocycles. The van der Waals surface area contributed by atoms with E-state index in [1.807, 2.05) is 45.3 Å². The van der Waals surface area contributed by atoms with Crippen molar-refractivity contribution in [1.82, 2.24) is 24.4 Å². The first-order valence-electron chi connectivity index (χ1n) is 14.9. The lowest BCUT2D eigenvalue weighted by molar-refractivity contribution is 0.0289. The normalized spacial score (nSPS) is 17.5. The number of aromatic nitrogens is 4. The molecule has 6 rings (SSSR count). The van der Waals surface area contributed by atoms with E-state index >= 15 is 0 Å². The summed E-state index contributed by atoms with van der Waals surface area (Å²) in [5.74, 6) is 1.16. The minimum atomic E-state index is -0.532. The number of rotatable bonds is 7. The van der Waals surface area contributed by atoms with Crippen molar-refractivity contribution in [1.29, 1.82) is 0 Å². The Kier molecular flexibility index (Phi) is 7.86. The summed E-state index contributed by atoms with van der Waals surface area (Å²) in [5, 5.41) is 6.90. The first-order valence-corrected chi connectivity index (χ1v) is 14.9. The largest absolute Gasteiger partial charge is 0.444 e. The number of piperidine rings is 1. The van der Waals surface area contributed by atoms with Crippen molar-refractivity contribution in [3.63, 3.8) is 0 Å². The second-order valence-electron chi connectivity index (χ2n) is 12.1. The summed E-state index contributed by atoms with van der Waals surface area (Å²) in [4.78, 5) is 31.4. The third-order valence-corrected chi connectivity index (χ3v) is 7.78. The summed E-state index contributed by atoms with van der Waals surface area (Å²) in [6.45, 7) is 9.66. The molecule has 4 heterocycles. The number of likely N-dealkylation sites (tertiary alicyclic amines) is 1. The fraction of sp³-hybridized carbons (Fsp3) is 0.438. The Labute approximate surface area is 247 Å². The van der Waals surface area contributed by atoms with E-state index < -0.39 is 5.60 Å². The quantitative estimate of drug-likeness (QED) is 0.266. The molecule has 0 spiro atoms. The number of hydrogen-bond donors (Lipinski definition) is 2. The van der Waals surface area contributed by atoms with Crippen molar-refractivity contribution >= 4 is 40.4 Å². The minimum Gasteiger partial charge on any atom is -0.444 e. The van der Waals surface area contributed by atoms with Gasteiger partial charge in [0.15, 0.2) is 17.0 Å². The zero-order valence-electron chi connectivity index (χ0n) is 24.7. The highest BCUT2D eigenvalue weighted by atomic mass is 16.6.